The number of fused-ring (bicyclic) bond motifs is 3. The molecule has 1 aliphatic heterocycles. The van der Waals surface area contributed by atoms with Crippen molar-refractivity contribution in [3.05, 3.63) is 92.9 Å². The Labute approximate surface area is 265 Å². The van der Waals surface area contributed by atoms with Crippen molar-refractivity contribution in [3.8, 4) is 10.8 Å². The third kappa shape index (κ3) is 7.77. The van der Waals surface area contributed by atoms with Crippen molar-refractivity contribution < 1.29 is 47.2 Å². The number of aromatic nitrogens is 3. The Hall–Kier alpha value is -5.05. The normalized spacial score (nSPS) is 13.7. The fraction of sp³-hybridized carbons (Fsp3) is 0.290. The number of halogens is 3. The lowest BCUT2D eigenvalue weighted by molar-refractivity contribution is -0.192. The van der Waals surface area contributed by atoms with Crippen LogP contribution in [0.3, 0.4) is 0 Å². The van der Waals surface area contributed by atoms with E-state index in [0.717, 1.165) is 44.4 Å². The van der Waals surface area contributed by atoms with Crippen LogP contribution < -0.4 is 4.74 Å². The zero-order chi connectivity index (χ0) is 33.8. The van der Waals surface area contributed by atoms with Crippen molar-refractivity contribution in [1.29, 1.82) is 0 Å². The average Bonchev–Trinajstić information content (AvgIpc) is 3.48. The molecule has 4 aromatic rings. The summed E-state index contributed by atoms with van der Waals surface area (Å²) in [6.07, 6.45) is -4.31. The summed E-state index contributed by atoms with van der Waals surface area (Å²) in [5.41, 5.74) is 6.13. The lowest BCUT2D eigenvalue weighted by Crippen LogP contribution is -2.21. The number of aliphatic imine (C=N–C) groups is 1. The van der Waals surface area contributed by atoms with Gasteiger partial charge in [-0.05, 0) is 56.0 Å². The van der Waals surface area contributed by atoms with E-state index in [1.54, 1.807) is 23.5 Å². The number of aliphatic carboxylic acids is 2. The number of nitrogens with zero attached hydrogens (tertiary/aromatic N) is 4. The van der Waals surface area contributed by atoms with Crippen LogP contribution in [0.15, 0.2) is 53.5 Å². The van der Waals surface area contributed by atoms with Gasteiger partial charge in [0, 0.05) is 16.0 Å². The van der Waals surface area contributed by atoms with Gasteiger partial charge >= 0.3 is 24.1 Å². The number of hydrogen-bond donors (Lipinski definition) is 2. The summed E-state index contributed by atoms with van der Waals surface area (Å²) in [6.45, 7) is 5.73. The Bertz CT molecular complexity index is 1780. The molecule has 2 aromatic heterocycles. The van der Waals surface area contributed by atoms with Crippen molar-refractivity contribution in [3.63, 3.8) is 0 Å². The molecule has 0 bridgehead atoms. The van der Waals surface area contributed by atoms with Gasteiger partial charge in [-0.3, -0.25) is 14.4 Å². The predicted octanol–water partition coefficient (Wildman–Crippen LogP) is 5.40. The molecule has 1 aliphatic rings. The first kappa shape index (κ1) is 33.8. The Balaban J connectivity index is 0.000000617. The minimum atomic E-state index is -5.08. The first-order chi connectivity index (χ1) is 21.7. The average molecular weight is 659 g/mol. The topological polar surface area (TPSA) is 153 Å². The van der Waals surface area contributed by atoms with Gasteiger partial charge in [0.05, 0.1) is 19.2 Å². The molecule has 3 heterocycles. The van der Waals surface area contributed by atoms with E-state index in [4.69, 9.17) is 29.5 Å². The van der Waals surface area contributed by atoms with Crippen LogP contribution in [0.2, 0.25) is 0 Å². The summed E-state index contributed by atoms with van der Waals surface area (Å²) in [5.74, 6) is -2.23. The zero-order valence-corrected chi connectivity index (χ0v) is 25.9. The van der Waals surface area contributed by atoms with Crippen LogP contribution in [-0.4, -0.2) is 68.5 Å². The van der Waals surface area contributed by atoms with Crippen molar-refractivity contribution in [2.45, 2.75) is 45.8 Å². The first-order valence-corrected chi connectivity index (χ1v) is 14.5. The van der Waals surface area contributed by atoms with Gasteiger partial charge in [0.25, 0.3) is 0 Å². The van der Waals surface area contributed by atoms with Crippen LogP contribution in [0, 0.1) is 20.8 Å². The number of benzene rings is 2. The molecule has 11 nitrogen and oxygen atoms in total. The largest absolute Gasteiger partial charge is 0.490 e. The molecule has 0 saturated heterocycles. The van der Waals surface area contributed by atoms with Gasteiger partial charge in [0.1, 0.15) is 22.6 Å². The van der Waals surface area contributed by atoms with E-state index in [1.165, 1.54) is 12.0 Å². The molecule has 5 rings (SSSR count). The van der Waals surface area contributed by atoms with Crippen LogP contribution >= 0.6 is 11.3 Å². The van der Waals surface area contributed by atoms with Crippen LogP contribution in [0.5, 0.6) is 5.75 Å². The third-order valence-electron chi connectivity index (χ3n) is 6.99. The second-order valence-electron chi connectivity index (χ2n) is 10.2. The first-order valence-electron chi connectivity index (χ1n) is 13.7. The van der Waals surface area contributed by atoms with Crippen molar-refractivity contribution in [1.82, 2.24) is 14.8 Å². The number of carboxylic acids is 2. The number of aryl methyl sites for hydroxylation is 2. The van der Waals surface area contributed by atoms with E-state index in [-0.39, 0.29) is 19.0 Å². The third-order valence-corrected chi connectivity index (χ3v) is 8.18. The Kier molecular flexibility index (Phi) is 10.2. The molecule has 0 aliphatic carbocycles. The quantitative estimate of drug-likeness (QED) is 0.237. The number of ether oxygens (including phenoxy) is 2. The zero-order valence-electron chi connectivity index (χ0n) is 25.1. The Morgan fingerprint density at radius 3 is 2.09 bits per heavy atom. The molecule has 0 spiro atoms. The van der Waals surface area contributed by atoms with Gasteiger partial charge in [-0.15, -0.1) is 21.5 Å². The molecule has 0 amide bonds. The van der Waals surface area contributed by atoms with Crippen molar-refractivity contribution in [2.24, 2.45) is 4.99 Å². The standard InChI is InChI=1S/C29H28N4O5S.C2HF3O2/c1-16-17(2)39-29-26(16)27(30-23(14-25(36)37-4)28-32-31-18(3)33(28)29)21-9-5-19(6-10-21)13-20-7-11-22(12-8-20)38-15-24(34)35;3-2(4,5)1(6)7/h5-12,23H,13-15H2,1-4H3,(H,34,35);(H,6,7)/t23-;/m0./s1. The van der Waals surface area contributed by atoms with Crippen LogP contribution in [0.4, 0.5) is 13.2 Å². The summed E-state index contributed by atoms with van der Waals surface area (Å²) in [7, 11) is 1.37. The maximum Gasteiger partial charge on any atom is 0.490 e. The van der Waals surface area contributed by atoms with E-state index in [1.807, 2.05) is 23.6 Å². The molecule has 242 valence electrons. The van der Waals surface area contributed by atoms with Crippen LogP contribution in [0.25, 0.3) is 5.00 Å². The summed E-state index contributed by atoms with van der Waals surface area (Å²) < 4.78 is 43.9. The van der Waals surface area contributed by atoms with Gasteiger partial charge < -0.3 is 19.7 Å². The van der Waals surface area contributed by atoms with Crippen LogP contribution in [-0.2, 0) is 25.5 Å². The Morgan fingerprint density at radius 1 is 0.957 bits per heavy atom. The van der Waals surface area contributed by atoms with Crippen molar-refractivity contribution in [2.75, 3.05) is 13.7 Å². The van der Waals surface area contributed by atoms with Gasteiger partial charge in [-0.1, -0.05) is 36.4 Å². The number of carboxylic acid groups (broad SMARTS) is 2. The van der Waals surface area contributed by atoms with Crippen LogP contribution in [0.1, 0.15) is 56.8 Å². The molecule has 0 radical (unpaired) electrons. The van der Waals surface area contributed by atoms with E-state index in [0.29, 0.717) is 18.0 Å². The maximum absolute atomic E-state index is 12.3. The molecule has 46 heavy (non-hydrogen) atoms. The molecule has 0 fully saturated rings. The van der Waals surface area contributed by atoms with E-state index in [2.05, 4.69) is 48.3 Å². The number of alkyl halides is 3. The molecule has 2 aromatic carbocycles. The number of esters is 1. The number of carbonyl (C=O) groups excluding carboxylic acids is 1. The fourth-order valence-corrected chi connectivity index (χ4v) is 5.84. The lowest BCUT2D eigenvalue weighted by atomic mass is 9.97. The van der Waals surface area contributed by atoms with Gasteiger partial charge in [-0.2, -0.15) is 13.2 Å². The molecular formula is C31H29F3N4O7S. The second kappa shape index (κ2) is 13.9. The molecule has 0 unspecified atom stereocenters. The molecule has 15 heteroatoms. The predicted molar refractivity (Wildman–Crippen MR) is 161 cm³/mol. The molecule has 2 N–H and O–H groups in total. The highest BCUT2D eigenvalue weighted by Crippen LogP contribution is 2.39. The highest BCUT2D eigenvalue weighted by Gasteiger charge is 2.38. The van der Waals surface area contributed by atoms with E-state index in [9.17, 15) is 22.8 Å². The Morgan fingerprint density at radius 2 is 1.54 bits per heavy atom. The highest BCUT2D eigenvalue weighted by molar-refractivity contribution is 7.15. The van der Waals surface area contributed by atoms with E-state index >= 15 is 0 Å². The lowest BCUT2D eigenvalue weighted by Gasteiger charge is -2.12. The molecular weight excluding hydrogens is 629 g/mol. The van der Waals surface area contributed by atoms with Gasteiger partial charge in [0.2, 0.25) is 0 Å². The van der Waals surface area contributed by atoms with Gasteiger partial charge in [-0.25, -0.2) is 9.59 Å². The maximum atomic E-state index is 12.3. The summed E-state index contributed by atoms with van der Waals surface area (Å²) >= 11 is 1.67. The number of hydrogen-bond acceptors (Lipinski definition) is 9. The fourth-order valence-electron chi connectivity index (χ4n) is 4.63. The smallest absolute Gasteiger partial charge is 0.482 e. The second-order valence-corrected chi connectivity index (χ2v) is 11.4. The number of methoxy groups -OCH3 is 1. The number of thiophene rings is 1. The SMILES string of the molecule is COC(=O)C[C@@H]1N=C(c2ccc(Cc3ccc(OCC(=O)O)cc3)cc2)c2c(sc(C)c2C)-n2c(C)nnc21.O=C(O)C(F)(F)F. The number of rotatable bonds is 8. The highest BCUT2D eigenvalue weighted by atomic mass is 32.1. The minimum absolute atomic E-state index is 0.0648. The van der Waals surface area contributed by atoms with Crippen molar-refractivity contribution >= 4 is 35.0 Å². The minimum Gasteiger partial charge on any atom is -0.482 e. The monoisotopic (exact) mass is 658 g/mol. The molecule has 0 saturated carbocycles. The van der Waals surface area contributed by atoms with E-state index < -0.39 is 24.2 Å². The summed E-state index contributed by atoms with van der Waals surface area (Å²) in [6, 6.07) is 15.1. The van der Waals surface area contributed by atoms with Gasteiger partial charge in [0.15, 0.2) is 12.4 Å². The summed E-state index contributed by atoms with van der Waals surface area (Å²) in [5, 5.41) is 25.6. The number of carbonyl (C=O) groups is 3. The summed E-state index contributed by atoms with van der Waals surface area (Å²) in [4.78, 5) is 38.2. The molecule has 1 atom stereocenters.